The monoisotopic (exact) mass is 270 g/mol. The molecule has 0 saturated heterocycles. The molecule has 0 aliphatic heterocycles. The molecule has 0 spiro atoms. The molecular weight excluding hydrogens is 259 g/mol. The van der Waals surface area contributed by atoms with Gasteiger partial charge >= 0.3 is 0 Å². The molecule has 0 atom stereocenters. The first-order valence-corrected chi connectivity index (χ1v) is 6.06. The molecule has 1 heterocycles. The van der Waals surface area contributed by atoms with Gasteiger partial charge in [0.1, 0.15) is 11.3 Å². The maximum Gasteiger partial charge on any atom is 0.193 e. The van der Waals surface area contributed by atoms with Crippen molar-refractivity contribution in [3.63, 3.8) is 0 Å². The van der Waals surface area contributed by atoms with Crippen LogP contribution in [0.2, 0.25) is 0 Å². The molecule has 0 aliphatic carbocycles. The lowest BCUT2D eigenvalue weighted by molar-refractivity contribution is 0.386. The van der Waals surface area contributed by atoms with Crippen molar-refractivity contribution < 1.29 is 13.5 Å². The Hall–Kier alpha value is -2.62. The molecule has 4 heteroatoms. The molecule has 0 aliphatic rings. The van der Waals surface area contributed by atoms with Crippen LogP contribution >= 0.6 is 0 Å². The van der Waals surface area contributed by atoms with Crippen LogP contribution in [0, 0.1) is 5.82 Å². The lowest BCUT2D eigenvalue weighted by Gasteiger charge is -2.06. The Morgan fingerprint density at radius 1 is 1.10 bits per heavy atom. The largest absolute Gasteiger partial charge is 0.494 e. The molecule has 100 valence electrons. The van der Waals surface area contributed by atoms with Crippen LogP contribution in [0.25, 0.3) is 22.3 Å². The molecule has 20 heavy (non-hydrogen) atoms. The fraction of sp³-hybridized carbons (Fsp3) is 0.0625. The third-order valence-corrected chi connectivity index (χ3v) is 3.07. The molecule has 0 unspecified atom stereocenters. The molecule has 0 N–H and O–H groups in total. The number of fused-ring (bicyclic) bond motifs is 1. The zero-order valence-corrected chi connectivity index (χ0v) is 10.7. The van der Waals surface area contributed by atoms with Crippen molar-refractivity contribution in [2.45, 2.75) is 0 Å². The van der Waals surface area contributed by atoms with Crippen LogP contribution in [0.1, 0.15) is 0 Å². The molecule has 3 aromatic rings. The van der Waals surface area contributed by atoms with Crippen LogP contribution in [-0.2, 0) is 0 Å². The molecule has 2 aromatic carbocycles. The Bertz CT molecular complexity index is 836. The molecule has 0 saturated carbocycles. The van der Waals surface area contributed by atoms with E-state index in [-0.39, 0.29) is 11.2 Å². The Morgan fingerprint density at radius 2 is 1.90 bits per heavy atom. The highest BCUT2D eigenvalue weighted by molar-refractivity contribution is 5.78. The molecule has 3 nitrogen and oxygen atoms in total. The third-order valence-electron chi connectivity index (χ3n) is 3.07. The third kappa shape index (κ3) is 2.05. The first-order valence-electron chi connectivity index (χ1n) is 6.06. The van der Waals surface area contributed by atoms with Gasteiger partial charge in [-0.3, -0.25) is 4.79 Å². The van der Waals surface area contributed by atoms with Gasteiger partial charge in [-0.2, -0.15) is 0 Å². The average Bonchev–Trinajstić information content (AvgIpc) is 2.47. The first-order chi connectivity index (χ1) is 9.69. The topological polar surface area (TPSA) is 39.4 Å². The zero-order valence-electron chi connectivity index (χ0n) is 10.7. The summed E-state index contributed by atoms with van der Waals surface area (Å²) in [5.41, 5.74) is 0.953. The van der Waals surface area contributed by atoms with Crippen LogP contribution < -0.4 is 10.2 Å². The number of methoxy groups -OCH3 is 1. The minimum absolute atomic E-state index is 0.110. The Kier molecular flexibility index (Phi) is 2.99. The second-order valence-corrected chi connectivity index (χ2v) is 4.32. The van der Waals surface area contributed by atoms with Crippen LogP contribution in [0.3, 0.4) is 0 Å². The number of rotatable bonds is 2. The van der Waals surface area contributed by atoms with E-state index in [4.69, 9.17) is 9.15 Å². The van der Waals surface area contributed by atoms with Crippen LogP contribution in [0.4, 0.5) is 4.39 Å². The lowest BCUT2D eigenvalue weighted by atomic mass is 10.1. The summed E-state index contributed by atoms with van der Waals surface area (Å²) in [4.78, 5) is 12.0. The molecule has 0 fully saturated rings. The van der Waals surface area contributed by atoms with Gasteiger partial charge in [0, 0.05) is 11.6 Å². The zero-order chi connectivity index (χ0) is 14.1. The predicted molar refractivity (Wildman–Crippen MR) is 74.4 cm³/mol. The molecule has 0 radical (unpaired) electrons. The molecule has 1 aromatic heterocycles. The number of hydrogen-bond acceptors (Lipinski definition) is 3. The normalized spacial score (nSPS) is 10.7. The van der Waals surface area contributed by atoms with Crippen molar-refractivity contribution in [2.24, 2.45) is 0 Å². The predicted octanol–water partition coefficient (Wildman–Crippen LogP) is 3.61. The van der Waals surface area contributed by atoms with E-state index in [1.807, 2.05) is 0 Å². The van der Waals surface area contributed by atoms with E-state index < -0.39 is 5.82 Å². The van der Waals surface area contributed by atoms with E-state index >= 15 is 0 Å². The molecule has 3 rings (SSSR count). The van der Waals surface area contributed by atoms with Gasteiger partial charge in [-0.15, -0.1) is 0 Å². The van der Waals surface area contributed by atoms with Gasteiger partial charge in [0.15, 0.2) is 17.0 Å². The van der Waals surface area contributed by atoms with Gasteiger partial charge < -0.3 is 9.15 Å². The number of ether oxygens (including phenoxy) is 1. The summed E-state index contributed by atoms with van der Waals surface area (Å²) in [7, 11) is 1.39. The van der Waals surface area contributed by atoms with Crippen molar-refractivity contribution in [3.05, 3.63) is 64.6 Å². The Labute approximate surface area is 114 Å². The highest BCUT2D eigenvalue weighted by atomic mass is 19.1. The molecule has 0 amide bonds. The maximum absolute atomic E-state index is 13.4. The van der Waals surface area contributed by atoms with Crippen LogP contribution in [0.15, 0.2) is 57.7 Å². The number of para-hydroxylation sites is 1. The summed E-state index contributed by atoms with van der Waals surface area (Å²) in [6.07, 6.45) is 0. The van der Waals surface area contributed by atoms with Crippen LogP contribution in [0.5, 0.6) is 5.75 Å². The smallest absolute Gasteiger partial charge is 0.193 e. The highest BCUT2D eigenvalue weighted by Crippen LogP contribution is 2.27. The van der Waals surface area contributed by atoms with Gasteiger partial charge in [0.2, 0.25) is 0 Å². The van der Waals surface area contributed by atoms with Gasteiger partial charge in [0.05, 0.1) is 12.5 Å². The van der Waals surface area contributed by atoms with E-state index in [0.29, 0.717) is 22.3 Å². The fourth-order valence-electron chi connectivity index (χ4n) is 2.06. The minimum atomic E-state index is -0.459. The van der Waals surface area contributed by atoms with E-state index in [1.54, 1.807) is 30.3 Å². The summed E-state index contributed by atoms with van der Waals surface area (Å²) >= 11 is 0. The lowest BCUT2D eigenvalue weighted by Crippen LogP contribution is -2.00. The first kappa shape index (κ1) is 12.4. The van der Waals surface area contributed by atoms with Crippen LogP contribution in [-0.4, -0.2) is 7.11 Å². The van der Waals surface area contributed by atoms with Gasteiger partial charge in [-0.25, -0.2) is 4.39 Å². The van der Waals surface area contributed by atoms with E-state index in [1.165, 1.54) is 25.3 Å². The summed E-state index contributed by atoms with van der Waals surface area (Å²) in [5.74, 6) is 0.0321. The quantitative estimate of drug-likeness (QED) is 0.714. The van der Waals surface area contributed by atoms with Gasteiger partial charge in [0.25, 0.3) is 0 Å². The summed E-state index contributed by atoms with van der Waals surface area (Å²) in [6.45, 7) is 0. The number of halogens is 1. The summed E-state index contributed by atoms with van der Waals surface area (Å²) in [5, 5.41) is 0.519. The van der Waals surface area contributed by atoms with Crippen molar-refractivity contribution in [1.82, 2.24) is 0 Å². The summed E-state index contributed by atoms with van der Waals surface area (Å²) in [6, 6.07) is 12.7. The van der Waals surface area contributed by atoms with Crippen molar-refractivity contribution >= 4 is 11.0 Å². The number of benzene rings is 2. The molecular formula is C16H11FO3. The number of hydrogen-bond donors (Lipinski definition) is 0. The van der Waals surface area contributed by atoms with E-state index in [2.05, 4.69) is 0 Å². The maximum atomic E-state index is 13.4. The summed E-state index contributed by atoms with van der Waals surface area (Å²) < 4.78 is 24.0. The SMILES string of the molecule is COc1cc(-c2cc(=O)c3ccccc3o2)ccc1F. The van der Waals surface area contributed by atoms with Gasteiger partial charge in [-0.05, 0) is 30.3 Å². The average molecular weight is 270 g/mol. The van der Waals surface area contributed by atoms with E-state index in [0.717, 1.165) is 0 Å². The highest BCUT2D eigenvalue weighted by Gasteiger charge is 2.09. The Morgan fingerprint density at radius 3 is 2.70 bits per heavy atom. The molecule has 0 bridgehead atoms. The van der Waals surface area contributed by atoms with Crippen molar-refractivity contribution in [1.29, 1.82) is 0 Å². The minimum Gasteiger partial charge on any atom is -0.494 e. The van der Waals surface area contributed by atoms with Crippen molar-refractivity contribution in [3.8, 4) is 17.1 Å². The van der Waals surface area contributed by atoms with Crippen molar-refractivity contribution in [2.75, 3.05) is 7.11 Å². The fourth-order valence-corrected chi connectivity index (χ4v) is 2.06. The second-order valence-electron chi connectivity index (χ2n) is 4.32. The Balaban J connectivity index is 2.22. The standard InChI is InChI=1S/C16H11FO3/c1-19-16-8-10(6-7-12(16)17)15-9-13(18)11-4-2-3-5-14(11)20-15/h2-9H,1H3. The second kappa shape index (κ2) is 4.81. The van der Waals surface area contributed by atoms with E-state index in [9.17, 15) is 9.18 Å². The van der Waals surface area contributed by atoms with Gasteiger partial charge in [-0.1, -0.05) is 12.1 Å².